The molecule has 0 saturated carbocycles. The average molecular weight is 365 g/mol. The molecule has 1 aliphatic rings. The van der Waals surface area contributed by atoms with Crippen molar-refractivity contribution < 1.29 is 0 Å². The van der Waals surface area contributed by atoms with Gasteiger partial charge < -0.3 is 9.88 Å². The third-order valence-electron chi connectivity index (χ3n) is 4.45. The van der Waals surface area contributed by atoms with E-state index < -0.39 is 0 Å². The predicted molar refractivity (Wildman–Crippen MR) is 99.9 cm³/mol. The van der Waals surface area contributed by atoms with Gasteiger partial charge in [-0.05, 0) is 31.5 Å². The van der Waals surface area contributed by atoms with Crippen LogP contribution in [0.5, 0.6) is 0 Å². The summed E-state index contributed by atoms with van der Waals surface area (Å²) in [5.74, 6) is 0.756. The van der Waals surface area contributed by atoms with Crippen molar-refractivity contribution in [1.82, 2.24) is 24.4 Å². The maximum Gasteiger partial charge on any atom is 0.189 e. The topological polar surface area (TPSA) is 82.7 Å². The molecule has 0 amide bonds. The Morgan fingerprint density at radius 3 is 3.08 bits per heavy atom. The monoisotopic (exact) mass is 365 g/mol. The fourth-order valence-electron chi connectivity index (χ4n) is 3.31. The number of nitriles is 1. The fraction of sp³-hybridized carbons (Fsp3) is 0.333. The number of imidazole rings is 1. The Balaban J connectivity index is 1.50. The zero-order chi connectivity index (χ0) is 17.9. The first-order chi connectivity index (χ1) is 12.7. The van der Waals surface area contributed by atoms with Gasteiger partial charge in [0.05, 0.1) is 30.0 Å². The highest BCUT2D eigenvalue weighted by molar-refractivity contribution is 7.16. The minimum Gasteiger partial charge on any atom is -0.340 e. The summed E-state index contributed by atoms with van der Waals surface area (Å²) in [5.41, 5.74) is 2.14. The van der Waals surface area contributed by atoms with E-state index in [0.717, 1.165) is 43.1 Å². The van der Waals surface area contributed by atoms with Crippen molar-refractivity contribution in [3.63, 3.8) is 0 Å². The molecule has 1 atom stereocenters. The van der Waals surface area contributed by atoms with Crippen LogP contribution >= 0.6 is 11.3 Å². The van der Waals surface area contributed by atoms with Crippen molar-refractivity contribution in [3.05, 3.63) is 53.2 Å². The van der Waals surface area contributed by atoms with Crippen LogP contribution < -0.4 is 5.32 Å². The zero-order valence-corrected chi connectivity index (χ0v) is 15.3. The van der Waals surface area contributed by atoms with E-state index in [2.05, 4.69) is 38.5 Å². The van der Waals surface area contributed by atoms with Gasteiger partial charge in [0.2, 0.25) is 0 Å². The van der Waals surface area contributed by atoms with Gasteiger partial charge in [0, 0.05) is 19.8 Å². The Bertz CT molecular complexity index is 939. The maximum absolute atomic E-state index is 8.92. The molecule has 4 heterocycles. The molecular formula is C18H19N7S. The molecule has 26 heavy (non-hydrogen) atoms. The summed E-state index contributed by atoms with van der Waals surface area (Å²) in [6.07, 6.45) is 7.74. The second-order valence-electron chi connectivity index (χ2n) is 6.37. The summed E-state index contributed by atoms with van der Waals surface area (Å²) in [4.78, 5) is 16.5. The van der Waals surface area contributed by atoms with Gasteiger partial charge in [-0.2, -0.15) is 5.26 Å². The van der Waals surface area contributed by atoms with Crippen molar-refractivity contribution in [3.8, 4) is 6.07 Å². The van der Waals surface area contributed by atoms with Gasteiger partial charge in [-0.1, -0.05) is 17.4 Å². The maximum atomic E-state index is 8.92. The van der Waals surface area contributed by atoms with Crippen molar-refractivity contribution in [1.29, 1.82) is 5.26 Å². The van der Waals surface area contributed by atoms with Crippen molar-refractivity contribution >= 4 is 22.3 Å². The third kappa shape index (κ3) is 3.59. The van der Waals surface area contributed by atoms with E-state index in [4.69, 9.17) is 10.2 Å². The van der Waals surface area contributed by atoms with Crippen LogP contribution in [0.3, 0.4) is 0 Å². The number of anilines is 2. The number of pyridine rings is 1. The summed E-state index contributed by atoms with van der Waals surface area (Å²) >= 11 is 1.33. The van der Waals surface area contributed by atoms with Crippen molar-refractivity contribution in [2.75, 3.05) is 11.9 Å². The number of nitrogens with one attached hydrogen (secondary N) is 1. The summed E-state index contributed by atoms with van der Waals surface area (Å²) in [6, 6.07) is 8.42. The van der Waals surface area contributed by atoms with Gasteiger partial charge in [-0.3, -0.25) is 4.90 Å². The highest BCUT2D eigenvalue weighted by Crippen LogP contribution is 2.32. The molecule has 4 rings (SSSR count). The van der Waals surface area contributed by atoms with E-state index in [0.29, 0.717) is 16.1 Å². The van der Waals surface area contributed by atoms with Crippen LogP contribution in [0.25, 0.3) is 0 Å². The van der Waals surface area contributed by atoms with Gasteiger partial charge >= 0.3 is 0 Å². The van der Waals surface area contributed by atoms with Crippen LogP contribution in [0.2, 0.25) is 0 Å². The molecule has 3 aromatic rings. The molecule has 1 N–H and O–H groups in total. The lowest BCUT2D eigenvalue weighted by Gasteiger charge is -2.23. The zero-order valence-electron chi connectivity index (χ0n) is 14.5. The Morgan fingerprint density at radius 2 is 2.31 bits per heavy atom. The second-order valence-corrected chi connectivity index (χ2v) is 7.40. The lowest BCUT2D eigenvalue weighted by atomic mass is 10.1. The summed E-state index contributed by atoms with van der Waals surface area (Å²) in [5, 5.41) is 12.8. The number of aromatic nitrogens is 4. The van der Waals surface area contributed by atoms with E-state index in [9.17, 15) is 0 Å². The number of thiazole rings is 1. The average Bonchev–Trinajstić information content (AvgIpc) is 3.37. The molecule has 3 aromatic heterocycles. The highest BCUT2D eigenvalue weighted by Gasteiger charge is 2.27. The number of nitrogens with zero attached hydrogens (tertiary/aromatic N) is 6. The predicted octanol–water partition coefficient (Wildman–Crippen LogP) is 3.22. The van der Waals surface area contributed by atoms with Crippen molar-refractivity contribution in [2.45, 2.75) is 25.4 Å². The molecule has 0 aromatic carbocycles. The molecule has 0 bridgehead atoms. The quantitative estimate of drug-likeness (QED) is 0.747. The first-order valence-electron chi connectivity index (χ1n) is 8.52. The second kappa shape index (κ2) is 7.23. The van der Waals surface area contributed by atoms with Crippen LogP contribution in [0.1, 0.15) is 35.1 Å². The van der Waals surface area contributed by atoms with Crippen LogP contribution in [0.15, 0.2) is 36.9 Å². The van der Waals surface area contributed by atoms with Gasteiger partial charge in [0.15, 0.2) is 5.13 Å². The highest BCUT2D eigenvalue weighted by atomic mass is 32.1. The normalized spacial score (nSPS) is 17.3. The number of likely N-dealkylation sites (tertiary alicyclic amines) is 1. The SMILES string of the molecule is Cn1cnc(CN2CCC[C@@H]2c2cccc(Nc3ncc(C#N)s3)n2)c1. The number of aryl methyl sites for hydroxylation is 1. The Labute approximate surface area is 156 Å². The van der Waals surface area contributed by atoms with E-state index in [-0.39, 0.29) is 0 Å². The Morgan fingerprint density at radius 1 is 1.38 bits per heavy atom. The first kappa shape index (κ1) is 16.7. The fourth-order valence-corrected chi connectivity index (χ4v) is 3.93. The molecule has 1 fully saturated rings. The van der Waals surface area contributed by atoms with Crippen LogP contribution in [-0.2, 0) is 13.6 Å². The van der Waals surface area contributed by atoms with Crippen LogP contribution in [0, 0.1) is 11.3 Å². The molecule has 1 aliphatic heterocycles. The molecule has 0 radical (unpaired) electrons. The van der Waals surface area contributed by atoms with E-state index in [1.165, 1.54) is 11.3 Å². The van der Waals surface area contributed by atoms with Gasteiger partial charge in [-0.25, -0.2) is 15.0 Å². The largest absolute Gasteiger partial charge is 0.340 e. The van der Waals surface area contributed by atoms with Crippen LogP contribution in [0.4, 0.5) is 10.9 Å². The van der Waals surface area contributed by atoms with Gasteiger partial charge in [-0.15, -0.1) is 0 Å². The summed E-state index contributed by atoms with van der Waals surface area (Å²) in [7, 11) is 1.99. The van der Waals surface area contributed by atoms with E-state index in [1.807, 2.05) is 30.1 Å². The molecular weight excluding hydrogens is 346 g/mol. The minimum atomic E-state index is 0.296. The summed E-state index contributed by atoms with van der Waals surface area (Å²) < 4.78 is 1.98. The van der Waals surface area contributed by atoms with Crippen LogP contribution in [-0.4, -0.2) is 31.0 Å². The standard InChI is InChI=1S/C18H19N7S/c1-24-10-13(21-12-24)11-25-7-3-5-16(25)15-4-2-6-17(22-15)23-18-20-9-14(8-19)26-18/h2,4,6,9-10,12,16H,3,5,7,11H2,1H3,(H,20,22,23)/t16-/m1/s1. The summed E-state index contributed by atoms with van der Waals surface area (Å²) in [6.45, 7) is 1.89. The molecule has 1 saturated heterocycles. The van der Waals surface area contributed by atoms with E-state index >= 15 is 0 Å². The number of hydrogen-bond acceptors (Lipinski definition) is 7. The molecule has 8 heteroatoms. The Kier molecular flexibility index (Phi) is 4.65. The Hall–Kier alpha value is -2.76. The molecule has 0 spiro atoms. The minimum absolute atomic E-state index is 0.296. The smallest absolute Gasteiger partial charge is 0.189 e. The van der Waals surface area contributed by atoms with Gasteiger partial charge in [0.25, 0.3) is 0 Å². The molecule has 132 valence electrons. The van der Waals surface area contributed by atoms with Gasteiger partial charge in [0.1, 0.15) is 16.8 Å². The van der Waals surface area contributed by atoms with Crippen molar-refractivity contribution in [2.24, 2.45) is 7.05 Å². The first-order valence-corrected chi connectivity index (χ1v) is 9.34. The lowest BCUT2D eigenvalue weighted by Crippen LogP contribution is -2.23. The number of hydrogen-bond donors (Lipinski definition) is 1. The third-order valence-corrected chi connectivity index (χ3v) is 5.27. The molecule has 7 nitrogen and oxygen atoms in total. The van der Waals surface area contributed by atoms with E-state index in [1.54, 1.807) is 6.20 Å². The molecule has 0 unspecified atom stereocenters. The number of rotatable bonds is 5. The lowest BCUT2D eigenvalue weighted by molar-refractivity contribution is 0.242. The molecule has 0 aliphatic carbocycles.